The first-order valence-electron chi connectivity index (χ1n) is 4.92. The molecular formula is C11H18O. The molecule has 1 rings (SSSR count). The van der Waals surface area contributed by atoms with E-state index in [4.69, 9.17) is 0 Å². The van der Waals surface area contributed by atoms with E-state index < -0.39 is 0 Å². The van der Waals surface area contributed by atoms with Crippen molar-refractivity contribution in [2.24, 2.45) is 5.92 Å². The predicted octanol–water partition coefficient (Wildman–Crippen LogP) is 3.10. The Kier molecular flexibility index (Phi) is 3.51. The molecule has 1 aliphatic rings. The molecule has 0 saturated heterocycles. The van der Waals surface area contributed by atoms with Gasteiger partial charge in [0, 0.05) is 6.42 Å². The molecule has 0 spiro atoms. The van der Waals surface area contributed by atoms with Gasteiger partial charge in [-0.2, -0.15) is 0 Å². The van der Waals surface area contributed by atoms with Crippen LogP contribution in [0.5, 0.6) is 0 Å². The maximum atomic E-state index is 11.2. The normalized spacial score (nSPS) is 21.2. The first-order chi connectivity index (χ1) is 5.70. The lowest BCUT2D eigenvalue weighted by Gasteiger charge is -2.00. The van der Waals surface area contributed by atoms with Crippen LogP contribution in [0.3, 0.4) is 0 Å². The minimum atomic E-state index is 0.388. The Morgan fingerprint density at radius 2 is 2.17 bits per heavy atom. The zero-order valence-corrected chi connectivity index (χ0v) is 8.10. The van der Waals surface area contributed by atoms with Crippen LogP contribution in [0.15, 0.2) is 11.6 Å². The van der Waals surface area contributed by atoms with Gasteiger partial charge in [-0.25, -0.2) is 0 Å². The van der Waals surface area contributed by atoms with Gasteiger partial charge < -0.3 is 0 Å². The van der Waals surface area contributed by atoms with Crippen molar-refractivity contribution in [2.75, 3.05) is 0 Å². The molecule has 0 aromatic rings. The van der Waals surface area contributed by atoms with Gasteiger partial charge in [-0.3, -0.25) is 4.79 Å². The molecule has 0 unspecified atom stereocenters. The highest BCUT2D eigenvalue weighted by molar-refractivity contribution is 5.97. The number of ketones is 1. The van der Waals surface area contributed by atoms with E-state index in [1.807, 2.05) is 0 Å². The van der Waals surface area contributed by atoms with E-state index in [2.05, 4.69) is 19.9 Å². The van der Waals surface area contributed by atoms with Gasteiger partial charge in [-0.15, -0.1) is 0 Å². The van der Waals surface area contributed by atoms with E-state index in [1.54, 1.807) is 0 Å². The van der Waals surface area contributed by atoms with Crippen molar-refractivity contribution in [2.45, 2.75) is 46.0 Å². The first-order valence-corrected chi connectivity index (χ1v) is 4.92. The molecule has 0 aliphatic heterocycles. The summed E-state index contributed by atoms with van der Waals surface area (Å²) in [7, 11) is 0. The van der Waals surface area contributed by atoms with Crippen molar-refractivity contribution < 1.29 is 4.79 Å². The van der Waals surface area contributed by atoms with E-state index in [0.29, 0.717) is 5.78 Å². The first kappa shape index (κ1) is 9.50. The smallest absolute Gasteiger partial charge is 0.158 e. The predicted molar refractivity (Wildman–Crippen MR) is 51.0 cm³/mol. The van der Waals surface area contributed by atoms with Gasteiger partial charge in [-0.1, -0.05) is 19.9 Å². The van der Waals surface area contributed by atoms with Gasteiger partial charge in [0.25, 0.3) is 0 Å². The van der Waals surface area contributed by atoms with E-state index in [1.165, 1.54) is 6.42 Å². The van der Waals surface area contributed by atoms with Gasteiger partial charge in [0.2, 0.25) is 0 Å². The topological polar surface area (TPSA) is 17.1 Å². The van der Waals surface area contributed by atoms with E-state index in [0.717, 1.165) is 37.2 Å². The maximum Gasteiger partial charge on any atom is 0.158 e. The lowest BCUT2D eigenvalue weighted by Crippen LogP contribution is -1.92. The summed E-state index contributed by atoms with van der Waals surface area (Å²) in [6.07, 6.45) is 7.32. The lowest BCUT2D eigenvalue weighted by atomic mass is 10.1. The van der Waals surface area contributed by atoms with Gasteiger partial charge in [-0.05, 0) is 37.2 Å². The molecule has 1 fully saturated rings. The average molecular weight is 166 g/mol. The highest BCUT2D eigenvalue weighted by Gasteiger charge is 2.15. The number of hydrogen-bond acceptors (Lipinski definition) is 1. The number of hydrogen-bond donors (Lipinski definition) is 0. The molecule has 12 heavy (non-hydrogen) atoms. The van der Waals surface area contributed by atoms with Crippen molar-refractivity contribution in [1.82, 2.24) is 0 Å². The zero-order valence-electron chi connectivity index (χ0n) is 8.10. The Bertz CT molecular complexity index is 189. The Balaban J connectivity index is 2.31. The van der Waals surface area contributed by atoms with Crippen LogP contribution in [0.4, 0.5) is 0 Å². The fraction of sp³-hybridized carbons (Fsp3) is 0.727. The molecule has 68 valence electrons. The minimum absolute atomic E-state index is 0.388. The Hall–Kier alpha value is -0.590. The Morgan fingerprint density at radius 3 is 2.67 bits per heavy atom. The second kappa shape index (κ2) is 4.44. The third-order valence-electron chi connectivity index (χ3n) is 2.34. The summed E-state index contributed by atoms with van der Waals surface area (Å²) in [5, 5.41) is 0. The largest absolute Gasteiger partial charge is 0.295 e. The van der Waals surface area contributed by atoms with Crippen LogP contribution in [0.1, 0.15) is 46.0 Å². The highest BCUT2D eigenvalue weighted by Crippen LogP contribution is 2.21. The number of carbonyl (C=O) groups excluding carboxylic acids is 1. The number of rotatable bonds is 3. The van der Waals surface area contributed by atoms with Crippen molar-refractivity contribution in [3.8, 4) is 0 Å². The molecule has 0 heterocycles. The second-order valence-electron chi connectivity index (χ2n) is 3.98. The van der Waals surface area contributed by atoms with Gasteiger partial charge in [0.15, 0.2) is 5.78 Å². The van der Waals surface area contributed by atoms with Crippen molar-refractivity contribution in [3.05, 3.63) is 11.6 Å². The molecule has 0 N–H and O–H groups in total. The highest BCUT2D eigenvalue weighted by atomic mass is 16.1. The molecule has 1 aliphatic carbocycles. The average Bonchev–Trinajstić information content (AvgIpc) is 2.36. The molecule has 1 heteroatoms. The van der Waals surface area contributed by atoms with Gasteiger partial charge in [0.1, 0.15) is 0 Å². The Labute approximate surface area is 74.9 Å². The third kappa shape index (κ3) is 2.80. The second-order valence-corrected chi connectivity index (χ2v) is 3.98. The van der Waals surface area contributed by atoms with E-state index in [-0.39, 0.29) is 0 Å². The monoisotopic (exact) mass is 166 g/mol. The molecule has 0 aromatic heterocycles. The molecule has 0 radical (unpaired) electrons. The number of carbonyl (C=O) groups is 1. The summed E-state index contributed by atoms with van der Waals surface area (Å²) in [5.41, 5.74) is 1.09. The Morgan fingerprint density at radius 1 is 1.42 bits per heavy atom. The standard InChI is InChI=1S/C11H18O/c1-9(2)5-3-6-10-7-4-8-11(10)12/h6,9H,3-5,7-8H2,1-2H3. The summed E-state index contributed by atoms with van der Waals surface area (Å²) in [5.74, 6) is 1.14. The third-order valence-corrected chi connectivity index (χ3v) is 2.34. The van der Waals surface area contributed by atoms with Gasteiger partial charge in [0.05, 0.1) is 0 Å². The number of allylic oxidation sites excluding steroid dienone is 2. The van der Waals surface area contributed by atoms with Crippen molar-refractivity contribution in [3.63, 3.8) is 0 Å². The molecule has 0 bridgehead atoms. The molecule has 0 aromatic carbocycles. The molecule has 0 atom stereocenters. The summed E-state index contributed by atoms with van der Waals surface area (Å²) >= 11 is 0. The molecule has 1 nitrogen and oxygen atoms in total. The molecular weight excluding hydrogens is 148 g/mol. The summed E-state index contributed by atoms with van der Waals surface area (Å²) in [6.45, 7) is 4.43. The lowest BCUT2D eigenvalue weighted by molar-refractivity contribution is -0.114. The van der Waals surface area contributed by atoms with Crippen molar-refractivity contribution in [1.29, 1.82) is 0 Å². The quantitative estimate of drug-likeness (QED) is 0.589. The van der Waals surface area contributed by atoms with Crippen LogP contribution in [0.25, 0.3) is 0 Å². The van der Waals surface area contributed by atoms with E-state index >= 15 is 0 Å². The van der Waals surface area contributed by atoms with Crippen molar-refractivity contribution >= 4 is 5.78 Å². The molecule has 1 saturated carbocycles. The number of Topliss-reactive ketones (excluding diaryl/α,β-unsaturated/α-hetero) is 1. The summed E-state index contributed by atoms with van der Waals surface area (Å²) < 4.78 is 0. The minimum Gasteiger partial charge on any atom is -0.295 e. The summed E-state index contributed by atoms with van der Waals surface area (Å²) in [4.78, 5) is 11.2. The van der Waals surface area contributed by atoms with Crippen LogP contribution in [0, 0.1) is 5.92 Å². The fourth-order valence-corrected chi connectivity index (χ4v) is 1.55. The van der Waals surface area contributed by atoms with Crippen LogP contribution in [-0.4, -0.2) is 5.78 Å². The zero-order chi connectivity index (χ0) is 8.97. The van der Waals surface area contributed by atoms with Crippen LogP contribution >= 0.6 is 0 Å². The van der Waals surface area contributed by atoms with Gasteiger partial charge >= 0.3 is 0 Å². The van der Waals surface area contributed by atoms with Crippen LogP contribution in [-0.2, 0) is 4.79 Å². The van der Waals surface area contributed by atoms with Crippen LogP contribution < -0.4 is 0 Å². The maximum absolute atomic E-state index is 11.2. The summed E-state index contributed by atoms with van der Waals surface area (Å²) in [6, 6.07) is 0. The SMILES string of the molecule is CC(C)CCC=C1CCCC1=O. The van der Waals surface area contributed by atoms with Crippen LogP contribution in [0.2, 0.25) is 0 Å². The molecule has 0 amide bonds. The van der Waals surface area contributed by atoms with E-state index in [9.17, 15) is 4.79 Å². The fourth-order valence-electron chi connectivity index (χ4n) is 1.55.